The van der Waals surface area contributed by atoms with Crippen LogP contribution in [0.3, 0.4) is 0 Å². The number of halogens is 5. The van der Waals surface area contributed by atoms with E-state index >= 15 is 0 Å². The van der Waals surface area contributed by atoms with Crippen LogP contribution >= 0.6 is 0 Å². The van der Waals surface area contributed by atoms with E-state index in [-0.39, 0.29) is 6.54 Å². The molecule has 0 aromatic heterocycles. The second kappa shape index (κ2) is 23.1. The van der Waals surface area contributed by atoms with Crippen molar-refractivity contribution >= 4 is 15.0 Å². The van der Waals surface area contributed by atoms with Gasteiger partial charge in [-0.3, -0.25) is 0 Å². The van der Waals surface area contributed by atoms with Crippen molar-refractivity contribution in [3.05, 3.63) is 0 Å². The molecule has 0 atom stereocenters. The summed E-state index contributed by atoms with van der Waals surface area (Å²) in [5.41, 5.74) is 0. The molecule has 0 rings (SSSR count). The first kappa shape index (κ1) is 28.9. The van der Waals surface area contributed by atoms with Gasteiger partial charge in [0.25, 0.3) is 0 Å². The van der Waals surface area contributed by atoms with E-state index in [0.717, 1.165) is 0 Å². The lowest BCUT2D eigenvalue weighted by Gasteiger charge is -2.28. The van der Waals surface area contributed by atoms with Gasteiger partial charge in [0.15, 0.2) is 0 Å². The van der Waals surface area contributed by atoms with Crippen LogP contribution in [-0.2, 0) is 23.2 Å². The first-order chi connectivity index (χ1) is 11.9. The molecule has 0 spiro atoms. The zero-order valence-corrected chi connectivity index (χ0v) is 15.5. The van der Waals surface area contributed by atoms with Gasteiger partial charge >= 0.3 is 15.0 Å². The Bertz CT molecular complexity index is 259. The Kier molecular flexibility index (Phi) is 26.8. The lowest BCUT2D eigenvalue weighted by molar-refractivity contribution is -0.167. The summed E-state index contributed by atoms with van der Waals surface area (Å²) in [6, 6.07) is 0.572. The highest BCUT2D eigenvalue weighted by Gasteiger charge is 2.39. The molecule has 0 unspecified atom stereocenters. The summed E-state index contributed by atoms with van der Waals surface area (Å²) in [7, 11) is -2.64. The van der Waals surface area contributed by atoms with Gasteiger partial charge in [-0.15, -0.1) is 4.39 Å². The third kappa shape index (κ3) is 23.1. The number of amides is 1. The highest BCUT2D eigenvalue weighted by atomic mass is 28.4. The molecule has 13 heteroatoms. The minimum Gasteiger partial charge on any atom is -0.374 e. The first-order valence-electron chi connectivity index (χ1n) is 7.37. The van der Waals surface area contributed by atoms with Crippen LogP contribution in [0.5, 0.6) is 0 Å². The molecule has 0 aromatic rings. The topological polar surface area (TPSA) is 75.3 Å². The normalized spacial score (nSPS) is 10.2. The van der Waals surface area contributed by atoms with Crippen LogP contribution in [0, 0.1) is 0 Å². The van der Waals surface area contributed by atoms with Gasteiger partial charge in [0.05, 0.1) is 0 Å². The third-order valence-corrected chi connectivity index (χ3v) is 5.25. The van der Waals surface area contributed by atoms with Crippen LogP contribution in [-0.4, -0.2) is 55.1 Å². The van der Waals surface area contributed by atoms with Crippen molar-refractivity contribution in [2.75, 3.05) is 40.1 Å². The molecule has 1 amide bonds. The maximum absolute atomic E-state index is 11.9. The summed E-state index contributed by atoms with van der Waals surface area (Å²) < 4.78 is 68.7. The molecule has 0 saturated heterocycles. The van der Waals surface area contributed by atoms with Gasteiger partial charge in [-0.2, -0.15) is 9.88 Å². The SMILES string of the molecule is CCO[Si](CCCNC(=O)F)(OCC)OCC.FCOF.FCOF. The van der Waals surface area contributed by atoms with Crippen molar-refractivity contribution in [3.63, 3.8) is 0 Å². The number of rotatable bonds is 12. The Morgan fingerprint density at radius 3 is 1.52 bits per heavy atom. The van der Waals surface area contributed by atoms with Crippen molar-refractivity contribution in [1.29, 1.82) is 0 Å². The number of alkyl halides is 2. The predicted octanol–water partition coefficient (Wildman–Crippen LogP) is 3.73. The zero-order chi connectivity index (χ0) is 20.0. The van der Waals surface area contributed by atoms with E-state index in [1.54, 1.807) is 0 Å². The average Bonchev–Trinajstić information content (AvgIpc) is 2.60. The smallest absolute Gasteiger partial charge is 0.374 e. The fourth-order valence-electron chi connectivity index (χ4n) is 1.49. The number of carbonyl (C=O) groups is 1. The molecule has 1 N–H and O–H groups in total. The Morgan fingerprint density at radius 1 is 0.920 bits per heavy atom. The van der Waals surface area contributed by atoms with Crippen LogP contribution in [0.1, 0.15) is 27.2 Å². The molecule has 154 valence electrons. The van der Waals surface area contributed by atoms with Crippen molar-refractivity contribution in [1.82, 2.24) is 5.32 Å². The lowest BCUT2D eigenvalue weighted by Crippen LogP contribution is -2.46. The van der Waals surface area contributed by atoms with Crippen LogP contribution in [0.2, 0.25) is 6.04 Å². The average molecular weight is 403 g/mol. The van der Waals surface area contributed by atoms with Gasteiger partial charge in [0.1, 0.15) is 0 Å². The van der Waals surface area contributed by atoms with E-state index in [2.05, 4.69) is 15.2 Å². The van der Waals surface area contributed by atoms with E-state index < -0.39 is 28.7 Å². The van der Waals surface area contributed by atoms with Crippen molar-refractivity contribution < 1.29 is 50.2 Å². The van der Waals surface area contributed by atoms with Gasteiger partial charge < -0.3 is 18.6 Å². The molecular weight excluding hydrogens is 377 g/mol. The van der Waals surface area contributed by atoms with Gasteiger partial charge in [-0.05, 0) is 36.2 Å². The van der Waals surface area contributed by atoms with Gasteiger partial charge in [-0.25, -0.2) is 13.6 Å². The van der Waals surface area contributed by atoms with Gasteiger partial charge in [0.2, 0.25) is 13.7 Å². The molecule has 7 nitrogen and oxygen atoms in total. The Balaban J connectivity index is -0.000000503. The Labute approximate surface area is 144 Å². The Morgan fingerprint density at radius 2 is 1.28 bits per heavy atom. The molecule has 0 aromatic carbocycles. The van der Waals surface area contributed by atoms with Crippen LogP contribution in [0.4, 0.5) is 27.0 Å². The van der Waals surface area contributed by atoms with Gasteiger partial charge in [-0.1, -0.05) is 0 Å². The molecule has 0 saturated carbocycles. The molecule has 0 bridgehead atoms. The maximum Gasteiger partial charge on any atom is 0.500 e. The van der Waals surface area contributed by atoms with E-state index in [1.807, 2.05) is 20.8 Å². The summed E-state index contributed by atoms with van der Waals surface area (Å²) in [4.78, 5) is 14.8. The van der Waals surface area contributed by atoms with Crippen molar-refractivity contribution in [3.8, 4) is 0 Å². The Hall–Kier alpha value is -0.863. The van der Waals surface area contributed by atoms with E-state index in [4.69, 9.17) is 13.3 Å². The molecular formula is C12H26F5NO6Si. The summed E-state index contributed by atoms with van der Waals surface area (Å²) in [5, 5.41) is 2.09. The number of nitrogens with one attached hydrogen (secondary N) is 1. The van der Waals surface area contributed by atoms with Crippen LogP contribution in [0.15, 0.2) is 0 Å². The highest BCUT2D eigenvalue weighted by molar-refractivity contribution is 6.60. The molecule has 0 radical (unpaired) electrons. The van der Waals surface area contributed by atoms with E-state index in [9.17, 15) is 27.0 Å². The third-order valence-electron chi connectivity index (χ3n) is 2.10. The quantitative estimate of drug-likeness (QED) is 0.176. The summed E-state index contributed by atoms with van der Waals surface area (Å²) in [6.07, 6.45) is -0.941. The van der Waals surface area contributed by atoms with Gasteiger partial charge in [0, 0.05) is 32.4 Å². The molecule has 0 heterocycles. The summed E-state index contributed by atoms with van der Waals surface area (Å²) in [5.74, 6) is 0. The minimum atomic E-state index is -2.64. The summed E-state index contributed by atoms with van der Waals surface area (Å²) >= 11 is 0. The lowest BCUT2D eigenvalue weighted by atomic mass is 10.5. The molecule has 0 aliphatic rings. The first-order valence-corrected chi connectivity index (χ1v) is 9.30. The number of hydrogen-bond acceptors (Lipinski definition) is 6. The second-order valence-corrected chi connectivity index (χ2v) is 6.45. The second-order valence-electron chi connectivity index (χ2n) is 3.72. The standard InChI is InChI=1S/C10H22FNO4Si.2CH2F2O/c1-4-14-17(15-5-2,16-6-3)9-7-8-12-10(11)13;2*2-1-4-3/h4-9H2,1-3H3,(H,12,13);2*1H2. The fraction of sp³-hybridized carbons (Fsp3) is 0.917. The number of hydrogen-bond donors (Lipinski definition) is 1. The molecule has 0 fully saturated rings. The van der Waals surface area contributed by atoms with Crippen molar-refractivity contribution in [2.45, 2.75) is 33.2 Å². The minimum absolute atomic E-state index is 0.261. The molecule has 0 aliphatic heterocycles. The van der Waals surface area contributed by atoms with Crippen LogP contribution < -0.4 is 5.32 Å². The molecule has 25 heavy (non-hydrogen) atoms. The predicted molar refractivity (Wildman–Crippen MR) is 80.9 cm³/mol. The summed E-state index contributed by atoms with van der Waals surface area (Å²) in [6.45, 7) is 4.75. The monoisotopic (exact) mass is 403 g/mol. The largest absolute Gasteiger partial charge is 0.500 e. The van der Waals surface area contributed by atoms with E-state index in [0.29, 0.717) is 32.3 Å². The maximum atomic E-state index is 11.9. The highest BCUT2D eigenvalue weighted by Crippen LogP contribution is 2.17. The molecule has 0 aliphatic carbocycles. The van der Waals surface area contributed by atoms with Crippen molar-refractivity contribution in [2.24, 2.45) is 0 Å². The number of carbonyl (C=O) groups excluding carboxylic acids is 1. The van der Waals surface area contributed by atoms with Crippen LogP contribution in [0.25, 0.3) is 0 Å². The van der Waals surface area contributed by atoms with E-state index in [1.165, 1.54) is 0 Å². The zero-order valence-electron chi connectivity index (χ0n) is 14.5. The fourth-order valence-corrected chi connectivity index (χ4v) is 4.11.